The summed E-state index contributed by atoms with van der Waals surface area (Å²) < 4.78 is 11.4. The highest BCUT2D eigenvalue weighted by Crippen LogP contribution is 2.19. The Hall–Kier alpha value is -1.47. The first kappa shape index (κ1) is 18.3. The maximum Gasteiger partial charge on any atom is 0.258 e. The number of carbonyl (C=O) groups excluding carboxylic acids is 1. The number of nitrogens with zero attached hydrogens (tertiary/aromatic N) is 2. The highest BCUT2D eigenvalue weighted by Gasteiger charge is 2.15. The second-order valence-electron chi connectivity index (χ2n) is 5.75. The molecule has 1 aliphatic rings. The minimum absolute atomic E-state index is 0.0732. The van der Waals surface area contributed by atoms with E-state index in [2.05, 4.69) is 15.2 Å². The maximum absolute atomic E-state index is 12.3. The van der Waals surface area contributed by atoms with Crippen molar-refractivity contribution in [3.8, 4) is 0 Å². The van der Waals surface area contributed by atoms with Crippen molar-refractivity contribution in [2.75, 3.05) is 29.9 Å². The number of halogens is 2. The number of benzene rings is 1. The van der Waals surface area contributed by atoms with Crippen LogP contribution < -0.4 is 5.32 Å². The molecule has 1 aromatic carbocycles. The van der Waals surface area contributed by atoms with Crippen molar-refractivity contribution in [3.05, 3.63) is 57.8 Å². The van der Waals surface area contributed by atoms with Crippen molar-refractivity contribution in [2.24, 2.45) is 0 Å². The number of carbonyl (C=O) groups is 1. The highest BCUT2D eigenvalue weighted by atomic mass is 35.5. The number of anilines is 1. The minimum atomic E-state index is -0.664. The zero-order valence-corrected chi connectivity index (χ0v) is 15.7. The quantitative estimate of drug-likeness (QED) is 0.804. The maximum atomic E-state index is 12.3. The summed E-state index contributed by atoms with van der Waals surface area (Å²) >= 11 is 11.7. The second-order valence-corrected chi connectivity index (χ2v) is 8.19. The third kappa shape index (κ3) is 5.01. The van der Waals surface area contributed by atoms with Gasteiger partial charge in [-0.1, -0.05) is 35.3 Å². The molecule has 1 aromatic heterocycles. The average molecular weight is 398 g/mol. The number of rotatable bonds is 4. The summed E-state index contributed by atoms with van der Waals surface area (Å²) in [6, 6.07) is 10.7. The number of hydrogen-bond donors (Lipinski definition) is 1. The molecule has 3 rings (SSSR count). The predicted molar refractivity (Wildman–Crippen MR) is 102 cm³/mol. The first-order valence-electron chi connectivity index (χ1n) is 7.81. The molecule has 0 atom stereocenters. The molecule has 2 aromatic rings. The molecule has 0 bridgehead atoms. The molecule has 0 spiro atoms. The highest BCUT2D eigenvalue weighted by molar-refractivity contribution is 7.85. The van der Waals surface area contributed by atoms with E-state index >= 15 is 0 Å². The first-order valence-corrected chi connectivity index (χ1v) is 10.1. The van der Waals surface area contributed by atoms with Gasteiger partial charge in [0.2, 0.25) is 0 Å². The SMILES string of the molecule is O=C(Nc1ccc(CN2CCS(=O)CC2)cc1)c1ccc(Cl)nc1Cl. The lowest BCUT2D eigenvalue weighted by molar-refractivity contribution is 0.102. The lowest BCUT2D eigenvalue weighted by atomic mass is 10.2. The number of aromatic nitrogens is 1. The molecule has 132 valence electrons. The van der Waals surface area contributed by atoms with E-state index in [9.17, 15) is 9.00 Å². The Morgan fingerprint density at radius 1 is 1.12 bits per heavy atom. The summed E-state index contributed by atoms with van der Waals surface area (Å²) in [5.41, 5.74) is 2.10. The third-order valence-corrected chi connectivity index (χ3v) is 5.72. The van der Waals surface area contributed by atoms with Crippen molar-refractivity contribution < 1.29 is 9.00 Å². The Kier molecular flexibility index (Phi) is 6.06. The van der Waals surface area contributed by atoms with Crippen LogP contribution in [0.5, 0.6) is 0 Å². The lowest BCUT2D eigenvalue weighted by Crippen LogP contribution is -2.37. The van der Waals surface area contributed by atoms with Gasteiger partial charge >= 0.3 is 0 Å². The predicted octanol–water partition coefficient (Wildman–Crippen LogP) is 3.21. The fourth-order valence-corrected chi connectivity index (χ4v) is 4.12. The van der Waals surface area contributed by atoms with Crippen molar-refractivity contribution in [1.82, 2.24) is 9.88 Å². The summed E-state index contributed by atoms with van der Waals surface area (Å²) in [6.45, 7) is 2.53. The van der Waals surface area contributed by atoms with Gasteiger partial charge in [0.05, 0.1) is 5.56 Å². The van der Waals surface area contributed by atoms with E-state index in [-0.39, 0.29) is 21.8 Å². The van der Waals surface area contributed by atoms with Crippen LogP contribution in [0.4, 0.5) is 5.69 Å². The molecule has 0 saturated carbocycles. The molecular formula is C17H17Cl2N3O2S. The van der Waals surface area contributed by atoms with Crippen LogP contribution in [0.2, 0.25) is 10.3 Å². The molecule has 0 radical (unpaired) electrons. The minimum Gasteiger partial charge on any atom is -0.322 e. The standard InChI is InChI=1S/C17H17Cl2N3O2S/c18-15-6-5-14(16(19)21-15)17(23)20-13-3-1-12(2-4-13)11-22-7-9-25(24)10-8-22/h1-6H,7-11H2,(H,20,23). The molecule has 1 amide bonds. The van der Waals surface area contributed by atoms with Crippen LogP contribution in [0.3, 0.4) is 0 Å². The van der Waals surface area contributed by atoms with Crippen LogP contribution in [0.25, 0.3) is 0 Å². The molecule has 5 nitrogen and oxygen atoms in total. The summed E-state index contributed by atoms with van der Waals surface area (Å²) in [4.78, 5) is 18.4. The zero-order chi connectivity index (χ0) is 17.8. The van der Waals surface area contributed by atoms with Gasteiger partial charge in [-0.3, -0.25) is 13.9 Å². The largest absolute Gasteiger partial charge is 0.322 e. The van der Waals surface area contributed by atoms with Crippen molar-refractivity contribution in [1.29, 1.82) is 0 Å². The third-order valence-electron chi connectivity index (χ3n) is 3.95. The van der Waals surface area contributed by atoms with Crippen molar-refractivity contribution >= 4 is 45.6 Å². The monoisotopic (exact) mass is 397 g/mol. The fraction of sp³-hybridized carbons (Fsp3) is 0.294. The van der Waals surface area contributed by atoms with Crippen LogP contribution >= 0.6 is 23.2 Å². The number of hydrogen-bond acceptors (Lipinski definition) is 4. The molecule has 8 heteroatoms. The van der Waals surface area contributed by atoms with Crippen LogP contribution in [0.1, 0.15) is 15.9 Å². The van der Waals surface area contributed by atoms with Gasteiger partial charge in [-0.15, -0.1) is 0 Å². The molecule has 2 heterocycles. The summed E-state index contributed by atoms with van der Waals surface area (Å²) in [5.74, 6) is 1.15. The van der Waals surface area contributed by atoms with E-state index in [0.29, 0.717) is 5.69 Å². The zero-order valence-electron chi connectivity index (χ0n) is 13.4. The van der Waals surface area contributed by atoms with E-state index in [1.165, 1.54) is 6.07 Å². The fourth-order valence-electron chi connectivity index (χ4n) is 2.57. The van der Waals surface area contributed by atoms with Crippen LogP contribution in [0.15, 0.2) is 36.4 Å². The lowest BCUT2D eigenvalue weighted by Gasteiger charge is -2.26. The summed E-state index contributed by atoms with van der Waals surface area (Å²) in [7, 11) is -0.664. The van der Waals surface area contributed by atoms with Gasteiger partial charge < -0.3 is 5.32 Å². The van der Waals surface area contributed by atoms with E-state index < -0.39 is 10.8 Å². The summed E-state index contributed by atoms with van der Waals surface area (Å²) in [5, 5.41) is 3.11. The Balaban J connectivity index is 1.60. The first-order chi connectivity index (χ1) is 12.0. The van der Waals surface area contributed by atoms with Crippen LogP contribution in [0, 0.1) is 0 Å². The van der Waals surface area contributed by atoms with E-state index in [0.717, 1.165) is 36.7 Å². The molecule has 1 aliphatic heterocycles. The molecule has 25 heavy (non-hydrogen) atoms. The molecule has 0 unspecified atom stereocenters. The van der Waals surface area contributed by atoms with Gasteiger partial charge in [0.1, 0.15) is 10.3 Å². The number of amides is 1. The summed E-state index contributed by atoms with van der Waals surface area (Å²) in [6.07, 6.45) is 0. The van der Waals surface area contributed by atoms with Gasteiger partial charge in [-0.05, 0) is 29.8 Å². The van der Waals surface area contributed by atoms with Crippen LogP contribution in [-0.4, -0.2) is 44.6 Å². The molecular weight excluding hydrogens is 381 g/mol. The molecule has 1 saturated heterocycles. The van der Waals surface area contributed by atoms with E-state index in [1.54, 1.807) is 6.07 Å². The van der Waals surface area contributed by atoms with Gasteiger partial charge in [0.25, 0.3) is 5.91 Å². The second kappa shape index (κ2) is 8.27. The van der Waals surface area contributed by atoms with Gasteiger partial charge in [-0.2, -0.15) is 0 Å². The van der Waals surface area contributed by atoms with Crippen molar-refractivity contribution in [3.63, 3.8) is 0 Å². The van der Waals surface area contributed by atoms with Gasteiger partial charge in [-0.25, -0.2) is 4.98 Å². The molecule has 1 N–H and O–H groups in total. The molecule has 0 aliphatic carbocycles. The Morgan fingerprint density at radius 3 is 2.44 bits per heavy atom. The molecule has 1 fully saturated rings. The Morgan fingerprint density at radius 2 is 1.80 bits per heavy atom. The van der Waals surface area contributed by atoms with Gasteiger partial charge in [0, 0.05) is 47.6 Å². The van der Waals surface area contributed by atoms with Crippen LogP contribution in [-0.2, 0) is 17.3 Å². The average Bonchev–Trinajstić information content (AvgIpc) is 2.58. The van der Waals surface area contributed by atoms with E-state index in [4.69, 9.17) is 23.2 Å². The Labute approximate surface area is 158 Å². The number of pyridine rings is 1. The smallest absolute Gasteiger partial charge is 0.258 e. The number of nitrogens with one attached hydrogen (secondary N) is 1. The Bertz CT molecular complexity index is 789. The van der Waals surface area contributed by atoms with Crippen molar-refractivity contribution in [2.45, 2.75) is 6.54 Å². The van der Waals surface area contributed by atoms with Gasteiger partial charge in [0.15, 0.2) is 0 Å². The normalized spacial score (nSPS) is 15.9. The topological polar surface area (TPSA) is 62.3 Å². The van der Waals surface area contributed by atoms with E-state index in [1.807, 2.05) is 24.3 Å².